The molecule has 2 aliphatic carbocycles. The Kier molecular flexibility index (Phi) is 4.50. The molecule has 5 nitrogen and oxygen atoms in total. The smallest absolute Gasteiger partial charge is 0.303 e. The van der Waals surface area contributed by atoms with Gasteiger partial charge >= 0.3 is 5.97 Å². The molecule has 1 saturated carbocycles. The van der Waals surface area contributed by atoms with Crippen LogP contribution in [0.15, 0.2) is 18.5 Å². The van der Waals surface area contributed by atoms with E-state index in [-0.39, 0.29) is 12.1 Å². The van der Waals surface area contributed by atoms with Crippen LogP contribution in [0.3, 0.4) is 0 Å². The summed E-state index contributed by atoms with van der Waals surface area (Å²) < 4.78 is 7.36. The van der Waals surface area contributed by atoms with Crippen LogP contribution in [-0.4, -0.2) is 20.7 Å². The predicted molar refractivity (Wildman–Crippen MR) is 95.3 cm³/mol. The number of aromatic nitrogens is 3. The third-order valence-electron chi connectivity index (χ3n) is 5.24. The number of hydrogen-bond donors (Lipinski definition) is 0. The van der Waals surface area contributed by atoms with Crippen molar-refractivity contribution in [2.24, 2.45) is 5.92 Å². The van der Waals surface area contributed by atoms with Gasteiger partial charge in [0, 0.05) is 30.8 Å². The Hall–Kier alpha value is -1.88. The molecule has 1 atom stereocenters. The van der Waals surface area contributed by atoms with Crippen molar-refractivity contribution in [3.05, 3.63) is 34.9 Å². The van der Waals surface area contributed by atoms with Crippen molar-refractivity contribution in [1.29, 1.82) is 0 Å². The summed E-state index contributed by atoms with van der Waals surface area (Å²) in [5, 5.41) is 4.95. The van der Waals surface area contributed by atoms with E-state index in [1.54, 1.807) is 0 Å². The number of aryl methyl sites for hydroxylation is 1. The second kappa shape index (κ2) is 6.79. The fraction of sp³-hybridized carbons (Fsp3) is 0.526. The van der Waals surface area contributed by atoms with E-state index < -0.39 is 0 Å². The molecule has 2 aliphatic rings. The standard InChI is InChI=1S/C19H22ClN3O2/c1-12(24)25-17-7-6-14-8-16(19(20)22-18(14)17)15-9-21-23(11-15)10-13-4-2-3-5-13/h8-9,11,13,17H,2-7,10H2,1H3. The van der Waals surface area contributed by atoms with Crippen molar-refractivity contribution in [2.75, 3.05) is 0 Å². The topological polar surface area (TPSA) is 57.0 Å². The normalized spacial score (nSPS) is 20.0. The molecule has 0 saturated heterocycles. The molecule has 25 heavy (non-hydrogen) atoms. The number of fused-ring (bicyclic) bond motifs is 1. The zero-order chi connectivity index (χ0) is 17.4. The van der Waals surface area contributed by atoms with Gasteiger partial charge < -0.3 is 4.74 Å². The number of ether oxygens (including phenoxy) is 1. The molecular formula is C19H22ClN3O2. The molecule has 2 aromatic rings. The van der Waals surface area contributed by atoms with Crippen molar-refractivity contribution in [2.45, 2.75) is 58.1 Å². The lowest BCUT2D eigenvalue weighted by atomic mass is 10.1. The first-order valence-electron chi connectivity index (χ1n) is 8.99. The number of halogens is 1. The first-order valence-corrected chi connectivity index (χ1v) is 9.37. The van der Waals surface area contributed by atoms with Crippen molar-refractivity contribution in [1.82, 2.24) is 14.8 Å². The number of pyridine rings is 1. The van der Waals surface area contributed by atoms with E-state index in [2.05, 4.69) is 22.3 Å². The molecule has 4 rings (SSSR count). The zero-order valence-corrected chi connectivity index (χ0v) is 15.1. The highest BCUT2D eigenvalue weighted by Gasteiger charge is 2.28. The second-order valence-electron chi connectivity index (χ2n) is 7.11. The van der Waals surface area contributed by atoms with Crippen LogP contribution in [0.2, 0.25) is 5.15 Å². The van der Waals surface area contributed by atoms with Gasteiger partial charge in [-0.2, -0.15) is 5.10 Å². The number of rotatable bonds is 4. The molecule has 0 aliphatic heterocycles. The molecule has 0 spiro atoms. The first-order chi connectivity index (χ1) is 12.1. The quantitative estimate of drug-likeness (QED) is 0.602. The molecule has 0 amide bonds. The zero-order valence-electron chi connectivity index (χ0n) is 14.4. The minimum atomic E-state index is -0.284. The van der Waals surface area contributed by atoms with Gasteiger partial charge in [0.25, 0.3) is 0 Å². The highest BCUT2D eigenvalue weighted by molar-refractivity contribution is 6.32. The van der Waals surface area contributed by atoms with Crippen molar-refractivity contribution >= 4 is 17.6 Å². The van der Waals surface area contributed by atoms with Gasteiger partial charge in [0.15, 0.2) is 0 Å². The molecule has 1 unspecified atom stereocenters. The average molecular weight is 360 g/mol. The minimum Gasteiger partial charge on any atom is -0.456 e. The van der Waals surface area contributed by atoms with Gasteiger partial charge in [-0.3, -0.25) is 9.48 Å². The van der Waals surface area contributed by atoms with Crippen LogP contribution in [0.25, 0.3) is 11.1 Å². The largest absolute Gasteiger partial charge is 0.456 e. The van der Waals surface area contributed by atoms with Crippen LogP contribution in [0.5, 0.6) is 0 Å². The number of esters is 1. The lowest BCUT2D eigenvalue weighted by Gasteiger charge is -2.12. The number of carbonyl (C=O) groups excluding carboxylic acids is 1. The summed E-state index contributed by atoms with van der Waals surface area (Å²) in [4.78, 5) is 15.8. The van der Waals surface area contributed by atoms with Crippen LogP contribution in [0, 0.1) is 5.92 Å². The van der Waals surface area contributed by atoms with E-state index in [0.29, 0.717) is 5.15 Å². The van der Waals surface area contributed by atoms with Crippen LogP contribution in [0.4, 0.5) is 0 Å². The summed E-state index contributed by atoms with van der Waals surface area (Å²) >= 11 is 6.44. The molecule has 0 aromatic carbocycles. The molecule has 2 aromatic heterocycles. The molecule has 0 N–H and O–H groups in total. The van der Waals surface area contributed by atoms with E-state index in [4.69, 9.17) is 16.3 Å². The maximum absolute atomic E-state index is 11.2. The summed E-state index contributed by atoms with van der Waals surface area (Å²) in [6.07, 6.45) is 10.5. The lowest BCUT2D eigenvalue weighted by molar-refractivity contribution is -0.146. The fourth-order valence-corrected chi connectivity index (χ4v) is 4.28. The van der Waals surface area contributed by atoms with E-state index in [9.17, 15) is 4.79 Å². The second-order valence-corrected chi connectivity index (χ2v) is 7.47. The monoisotopic (exact) mass is 359 g/mol. The first kappa shape index (κ1) is 16.6. The van der Waals surface area contributed by atoms with Crippen molar-refractivity contribution in [3.63, 3.8) is 0 Å². The Morgan fingerprint density at radius 2 is 2.16 bits per heavy atom. The number of nitrogens with zero attached hydrogens (tertiary/aromatic N) is 3. The summed E-state index contributed by atoms with van der Waals surface area (Å²) in [6, 6.07) is 2.07. The van der Waals surface area contributed by atoms with Gasteiger partial charge in [0.2, 0.25) is 0 Å². The van der Waals surface area contributed by atoms with Crippen LogP contribution < -0.4 is 0 Å². The molecule has 0 radical (unpaired) electrons. The van der Waals surface area contributed by atoms with Crippen molar-refractivity contribution in [3.8, 4) is 11.1 Å². The Labute approximate surface area is 152 Å². The number of carbonyl (C=O) groups is 1. The Morgan fingerprint density at radius 1 is 1.36 bits per heavy atom. The molecule has 132 valence electrons. The van der Waals surface area contributed by atoms with Gasteiger partial charge in [0.1, 0.15) is 11.3 Å². The van der Waals surface area contributed by atoms with Gasteiger partial charge in [0.05, 0.1) is 11.9 Å². The maximum atomic E-state index is 11.2. The highest BCUT2D eigenvalue weighted by atomic mass is 35.5. The van der Waals surface area contributed by atoms with Gasteiger partial charge in [-0.15, -0.1) is 0 Å². The third-order valence-corrected chi connectivity index (χ3v) is 5.53. The molecule has 0 bridgehead atoms. The number of hydrogen-bond acceptors (Lipinski definition) is 4. The highest BCUT2D eigenvalue weighted by Crippen LogP contribution is 2.38. The molecular weight excluding hydrogens is 338 g/mol. The Morgan fingerprint density at radius 3 is 2.92 bits per heavy atom. The van der Waals surface area contributed by atoms with E-state index in [1.165, 1.54) is 32.6 Å². The minimum absolute atomic E-state index is 0.274. The van der Waals surface area contributed by atoms with Crippen LogP contribution in [0.1, 0.15) is 56.4 Å². The van der Waals surface area contributed by atoms with Crippen LogP contribution >= 0.6 is 11.6 Å². The summed E-state index contributed by atoms with van der Waals surface area (Å²) in [6.45, 7) is 2.40. The lowest BCUT2D eigenvalue weighted by Crippen LogP contribution is -2.07. The van der Waals surface area contributed by atoms with Crippen LogP contribution in [-0.2, 0) is 22.5 Å². The maximum Gasteiger partial charge on any atom is 0.303 e. The fourth-order valence-electron chi connectivity index (χ4n) is 4.03. The Bertz CT molecular complexity index is 796. The van der Waals surface area contributed by atoms with Crippen molar-refractivity contribution < 1.29 is 9.53 Å². The summed E-state index contributed by atoms with van der Waals surface area (Å²) in [7, 11) is 0. The SMILES string of the molecule is CC(=O)OC1CCc2cc(-c3cnn(CC4CCCC4)c3)c(Cl)nc21. The van der Waals surface area contributed by atoms with Gasteiger partial charge in [-0.1, -0.05) is 24.4 Å². The summed E-state index contributed by atoms with van der Waals surface area (Å²) in [5.41, 5.74) is 3.80. The molecule has 2 heterocycles. The molecule has 1 fully saturated rings. The third kappa shape index (κ3) is 3.43. The summed E-state index contributed by atoms with van der Waals surface area (Å²) in [5.74, 6) is 0.457. The van der Waals surface area contributed by atoms with E-state index in [1.807, 2.05) is 10.9 Å². The van der Waals surface area contributed by atoms with E-state index >= 15 is 0 Å². The van der Waals surface area contributed by atoms with E-state index in [0.717, 1.165) is 47.7 Å². The Balaban J connectivity index is 1.57. The predicted octanol–water partition coefficient (Wildman–Crippen LogP) is 4.34. The average Bonchev–Trinajstić information content (AvgIpc) is 3.30. The molecule has 6 heteroatoms. The van der Waals surface area contributed by atoms with Gasteiger partial charge in [-0.05, 0) is 43.2 Å². The van der Waals surface area contributed by atoms with Gasteiger partial charge in [-0.25, -0.2) is 4.98 Å².